The lowest BCUT2D eigenvalue weighted by Gasteiger charge is -2.40. The fourth-order valence-electron chi connectivity index (χ4n) is 4.93. The number of methoxy groups -OCH3 is 1. The van der Waals surface area contributed by atoms with Crippen molar-refractivity contribution in [3.63, 3.8) is 0 Å². The van der Waals surface area contributed by atoms with Gasteiger partial charge in [0.1, 0.15) is 11.6 Å². The second-order valence-corrected chi connectivity index (χ2v) is 10.9. The number of ether oxygens (including phenoxy) is 1. The van der Waals surface area contributed by atoms with Crippen LogP contribution in [-0.2, 0) is 4.79 Å². The average Bonchev–Trinajstić information content (AvgIpc) is 2.92. The molecule has 1 fully saturated rings. The Balaban J connectivity index is 1.39. The highest BCUT2D eigenvalue weighted by Crippen LogP contribution is 2.41. The van der Waals surface area contributed by atoms with Gasteiger partial charge in [-0.2, -0.15) is 0 Å². The van der Waals surface area contributed by atoms with Crippen LogP contribution in [0.5, 0.6) is 5.75 Å². The van der Waals surface area contributed by atoms with Crippen molar-refractivity contribution in [2.24, 2.45) is 5.41 Å². The molecule has 1 atom stereocenters. The van der Waals surface area contributed by atoms with Gasteiger partial charge in [0, 0.05) is 34.3 Å². The number of amides is 1. The maximum absolute atomic E-state index is 13.1. The van der Waals surface area contributed by atoms with Crippen LogP contribution < -0.4 is 10.2 Å². The normalized spacial score (nSPS) is 16.5. The summed E-state index contributed by atoms with van der Waals surface area (Å²) in [7, 11) is 1.57. The summed E-state index contributed by atoms with van der Waals surface area (Å²) in [5.74, 6) is 0.808. The van der Waals surface area contributed by atoms with E-state index in [-0.39, 0.29) is 5.82 Å². The lowest BCUT2D eigenvalue weighted by atomic mass is 9.73. The van der Waals surface area contributed by atoms with Crippen molar-refractivity contribution in [2.45, 2.75) is 36.7 Å². The molecule has 0 aliphatic carbocycles. The number of hydroxylamine groups is 1. The number of nitrogens with one attached hydrogen (secondary N) is 1. The number of thioether (sulfide) groups is 1. The molecule has 1 amide bonds. The number of aliphatic hydroxyl groups is 1. The third-order valence-corrected chi connectivity index (χ3v) is 8.48. The van der Waals surface area contributed by atoms with Crippen LogP contribution in [0.25, 0.3) is 10.9 Å². The summed E-state index contributed by atoms with van der Waals surface area (Å²) in [6.45, 7) is 2.23. The van der Waals surface area contributed by atoms with Gasteiger partial charge in [0.05, 0.1) is 29.2 Å². The number of carbonyl (C=O) groups excluding carboxylic acids is 1. The molecule has 3 N–H and O–H groups in total. The zero-order valence-corrected chi connectivity index (χ0v) is 22.2. The van der Waals surface area contributed by atoms with E-state index < -0.39 is 17.4 Å². The Morgan fingerprint density at radius 2 is 2.00 bits per heavy atom. The molecule has 3 aromatic rings. The van der Waals surface area contributed by atoms with E-state index in [0.717, 1.165) is 17.2 Å². The number of hydrogen-bond acceptors (Lipinski definition) is 7. The van der Waals surface area contributed by atoms with E-state index in [1.807, 2.05) is 11.5 Å². The van der Waals surface area contributed by atoms with Crippen LogP contribution in [0, 0.1) is 11.2 Å². The van der Waals surface area contributed by atoms with Crippen molar-refractivity contribution in [3.8, 4) is 5.75 Å². The molecular weight excluding hydrogens is 517 g/mol. The van der Waals surface area contributed by atoms with Gasteiger partial charge in [-0.1, -0.05) is 11.6 Å². The number of aliphatic hydroxyl groups excluding tert-OH is 1. The van der Waals surface area contributed by atoms with Crippen molar-refractivity contribution in [2.75, 3.05) is 32.5 Å². The number of piperidine rings is 1. The number of hydrogen-bond donors (Lipinski definition) is 3. The van der Waals surface area contributed by atoms with Gasteiger partial charge < -0.3 is 14.7 Å². The topological polar surface area (TPSA) is 94.9 Å². The molecule has 2 aromatic carbocycles. The van der Waals surface area contributed by atoms with Gasteiger partial charge in [0.15, 0.2) is 0 Å². The lowest BCUT2D eigenvalue weighted by molar-refractivity contribution is -0.143. The monoisotopic (exact) mass is 547 g/mol. The molecule has 0 saturated carbocycles. The van der Waals surface area contributed by atoms with Crippen molar-refractivity contribution >= 4 is 40.2 Å². The highest BCUT2D eigenvalue weighted by molar-refractivity contribution is 7.99. The molecule has 198 valence electrons. The fraction of sp³-hybridized carbons (Fsp3) is 0.407. The first-order chi connectivity index (χ1) is 17.8. The Hall–Kier alpha value is -2.43. The number of likely N-dealkylation sites (tertiary alicyclic amines) is 1. The predicted molar refractivity (Wildman–Crippen MR) is 143 cm³/mol. The van der Waals surface area contributed by atoms with Crippen molar-refractivity contribution in [1.29, 1.82) is 0 Å². The zero-order chi connectivity index (χ0) is 26.4. The van der Waals surface area contributed by atoms with E-state index in [0.29, 0.717) is 66.0 Å². The molecule has 1 aliphatic rings. The molecule has 0 unspecified atom stereocenters. The summed E-state index contributed by atoms with van der Waals surface area (Å²) in [4.78, 5) is 20.4. The van der Waals surface area contributed by atoms with E-state index >= 15 is 0 Å². The van der Waals surface area contributed by atoms with Crippen LogP contribution >= 0.6 is 23.4 Å². The molecule has 2 heterocycles. The first kappa shape index (κ1) is 27.6. The maximum Gasteiger partial charge on any atom is 0.249 e. The summed E-state index contributed by atoms with van der Waals surface area (Å²) < 4.78 is 18.4. The van der Waals surface area contributed by atoms with Gasteiger partial charge in [-0.3, -0.25) is 15.0 Å². The van der Waals surface area contributed by atoms with Crippen molar-refractivity contribution < 1.29 is 24.2 Å². The van der Waals surface area contributed by atoms with Crippen LogP contribution in [0.4, 0.5) is 4.39 Å². The second kappa shape index (κ2) is 12.4. The number of nitrogens with zero attached hydrogens (tertiary/aromatic N) is 2. The third-order valence-electron chi connectivity index (χ3n) is 7.18. The molecule has 4 rings (SSSR count). The summed E-state index contributed by atoms with van der Waals surface area (Å²) in [6, 6.07) is 11.9. The fourth-order valence-corrected chi connectivity index (χ4v) is 6.12. The van der Waals surface area contributed by atoms with E-state index in [1.165, 1.54) is 18.3 Å². The van der Waals surface area contributed by atoms with Crippen molar-refractivity contribution in [3.05, 3.63) is 65.1 Å². The number of carbonyl (C=O) groups is 1. The molecule has 7 nitrogen and oxygen atoms in total. The Morgan fingerprint density at radius 3 is 2.68 bits per heavy atom. The highest BCUT2D eigenvalue weighted by Gasteiger charge is 2.41. The highest BCUT2D eigenvalue weighted by atomic mass is 35.5. The van der Waals surface area contributed by atoms with Gasteiger partial charge >= 0.3 is 0 Å². The van der Waals surface area contributed by atoms with Gasteiger partial charge in [0.2, 0.25) is 5.91 Å². The minimum Gasteiger partial charge on any atom is -0.497 e. The van der Waals surface area contributed by atoms with Gasteiger partial charge in [-0.05, 0) is 81.2 Å². The molecular formula is C27H31ClFN3O4S. The molecule has 10 heteroatoms. The standard InChI is InChI=1S/C27H31ClFN3O4S/c1-36-19-4-7-23-21(16-19)25(22(28)17-30-23)24(33)8-9-27(26(34)31-35)10-12-32(13-11-27)14-15-37-20-5-2-18(29)3-6-20/h2-7,16-17,24,33,35H,8-15H2,1H3,(H,31,34)/t24-/m1/s1. The number of aromatic nitrogens is 1. The molecule has 1 aromatic heterocycles. The Kier molecular flexibility index (Phi) is 9.26. The average molecular weight is 548 g/mol. The largest absolute Gasteiger partial charge is 0.497 e. The number of rotatable bonds is 10. The second-order valence-electron chi connectivity index (χ2n) is 9.32. The maximum atomic E-state index is 13.1. The van der Waals surface area contributed by atoms with Gasteiger partial charge in [-0.25, -0.2) is 9.87 Å². The number of benzene rings is 2. The Bertz CT molecular complexity index is 1220. The number of halogens is 2. The first-order valence-corrected chi connectivity index (χ1v) is 13.6. The molecule has 1 saturated heterocycles. The van der Waals surface area contributed by atoms with E-state index in [2.05, 4.69) is 9.88 Å². The zero-order valence-electron chi connectivity index (χ0n) is 20.6. The summed E-state index contributed by atoms with van der Waals surface area (Å²) in [6.07, 6.45) is 2.41. The summed E-state index contributed by atoms with van der Waals surface area (Å²) >= 11 is 8.11. The SMILES string of the molecule is COc1ccc2ncc(Cl)c([C@H](O)CCC3(C(=O)NO)CCN(CCSc4ccc(F)cc4)CC3)c2c1. The van der Waals surface area contributed by atoms with Gasteiger partial charge in [-0.15, -0.1) is 11.8 Å². The Morgan fingerprint density at radius 1 is 1.27 bits per heavy atom. The smallest absolute Gasteiger partial charge is 0.249 e. The number of fused-ring (bicyclic) bond motifs is 1. The summed E-state index contributed by atoms with van der Waals surface area (Å²) in [5, 5.41) is 21.7. The van der Waals surface area contributed by atoms with Crippen LogP contribution in [0.2, 0.25) is 5.02 Å². The minimum atomic E-state index is -0.918. The van der Waals surface area contributed by atoms with E-state index in [1.54, 1.807) is 43.1 Å². The predicted octanol–water partition coefficient (Wildman–Crippen LogP) is 5.23. The van der Waals surface area contributed by atoms with Crippen LogP contribution in [0.15, 0.2) is 53.6 Å². The van der Waals surface area contributed by atoms with E-state index in [4.69, 9.17) is 16.3 Å². The molecule has 0 radical (unpaired) electrons. The van der Waals surface area contributed by atoms with Crippen LogP contribution in [-0.4, -0.2) is 58.6 Å². The van der Waals surface area contributed by atoms with Crippen LogP contribution in [0.1, 0.15) is 37.4 Å². The van der Waals surface area contributed by atoms with Crippen LogP contribution in [0.3, 0.4) is 0 Å². The molecule has 37 heavy (non-hydrogen) atoms. The summed E-state index contributed by atoms with van der Waals surface area (Å²) in [5.41, 5.74) is 2.31. The molecule has 0 bridgehead atoms. The third kappa shape index (κ3) is 6.53. The quantitative estimate of drug-likeness (QED) is 0.182. The first-order valence-electron chi connectivity index (χ1n) is 12.2. The Labute approximate surface area is 224 Å². The molecule has 0 spiro atoms. The van der Waals surface area contributed by atoms with Gasteiger partial charge in [0.25, 0.3) is 0 Å². The van der Waals surface area contributed by atoms with E-state index in [9.17, 15) is 19.5 Å². The van der Waals surface area contributed by atoms with Crippen molar-refractivity contribution in [1.82, 2.24) is 15.4 Å². The molecule has 1 aliphatic heterocycles. The number of pyridine rings is 1. The minimum absolute atomic E-state index is 0.247. The lowest BCUT2D eigenvalue weighted by Crippen LogP contribution is -2.48.